The van der Waals surface area contributed by atoms with Crippen LogP contribution in [0.3, 0.4) is 0 Å². The van der Waals surface area contributed by atoms with Crippen LogP contribution < -0.4 is 10.1 Å². The quantitative estimate of drug-likeness (QED) is 0.248. The molecule has 1 aromatic carbocycles. The number of carbonyl (C=O) groups excluding carboxylic acids is 2. The van der Waals surface area contributed by atoms with E-state index in [1.54, 1.807) is 19.4 Å². The van der Waals surface area contributed by atoms with Crippen LogP contribution in [0, 0.1) is 23.0 Å². The summed E-state index contributed by atoms with van der Waals surface area (Å²) in [4.78, 5) is 26.0. The second kappa shape index (κ2) is 11.0. The first kappa shape index (κ1) is 26.0. The number of nitrogens with one attached hydrogen (secondary N) is 1. The molecule has 31 heavy (non-hydrogen) atoms. The van der Waals surface area contributed by atoms with Crippen LogP contribution in [0.4, 0.5) is 14.5 Å². The van der Waals surface area contributed by atoms with Crippen LogP contribution in [0.15, 0.2) is 12.1 Å². The second-order valence-electron chi connectivity index (χ2n) is 8.73. The van der Waals surface area contributed by atoms with Gasteiger partial charge in [-0.05, 0) is 51.0 Å². The number of thioether (sulfide) groups is 2. The Morgan fingerprint density at radius 2 is 1.71 bits per heavy atom. The summed E-state index contributed by atoms with van der Waals surface area (Å²) < 4.78 is 32.5. The molecule has 4 nitrogen and oxygen atoms in total. The van der Waals surface area contributed by atoms with Crippen LogP contribution in [0.1, 0.15) is 65.7 Å². The van der Waals surface area contributed by atoms with Crippen molar-refractivity contribution in [2.24, 2.45) is 11.3 Å². The largest absolute Gasteiger partial charge is 0.423 e. The van der Waals surface area contributed by atoms with E-state index in [4.69, 9.17) is 4.74 Å². The number of hydrogen-bond donors (Lipinski definition) is 1. The molecule has 1 amide bonds. The molecule has 1 aliphatic carbocycles. The monoisotopic (exact) mass is 473 g/mol. The van der Waals surface area contributed by atoms with Crippen LogP contribution in [-0.4, -0.2) is 28.5 Å². The molecule has 0 unspecified atom stereocenters. The Morgan fingerprint density at radius 1 is 1.13 bits per heavy atom. The number of hydrogen-bond acceptors (Lipinski definition) is 5. The van der Waals surface area contributed by atoms with E-state index in [1.165, 1.54) is 23.5 Å². The third kappa shape index (κ3) is 6.37. The van der Waals surface area contributed by atoms with Crippen LogP contribution in [0.5, 0.6) is 5.75 Å². The average molecular weight is 474 g/mol. The highest BCUT2D eigenvalue weighted by Gasteiger charge is 2.40. The Balaban J connectivity index is 2.33. The Bertz CT molecular complexity index is 791. The summed E-state index contributed by atoms with van der Waals surface area (Å²) in [7, 11) is 0. The third-order valence-electron chi connectivity index (χ3n) is 6.12. The minimum atomic E-state index is -1.14. The highest BCUT2D eigenvalue weighted by Crippen LogP contribution is 2.43. The van der Waals surface area contributed by atoms with Crippen molar-refractivity contribution in [1.82, 2.24) is 0 Å². The lowest BCUT2D eigenvalue weighted by Crippen LogP contribution is -2.38. The molecule has 0 heterocycles. The van der Waals surface area contributed by atoms with E-state index in [9.17, 15) is 18.4 Å². The summed E-state index contributed by atoms with van der Waals surface area (Å²) in [5.41, 5.74) is -0.557. The third-order valence-corrected chi connectivity index (χ3v) is 9.01. The number of carbonyl (C=O) groups is 2. The molecule has 1 N–H and O–H groups in total. The van der Waals surface area contributed by atoms with Gasteiger partial charge in [-0.3, -0.25) is 4.79 Å². The molecular weight excluding hydrogens is 440 g/mol. The predicted molar refractivity (Wildman–Crippen MR) is 126 cm³/mol. The molecule has 0 aromatic heterocycles. The minimum absolute atomic E-state index is 0.0173. The van der Waals surface area contributed by atoms with Crippen molar-refractivity contribution in [2.45, 2.75) is 69.8 Å². The highest BCUT2D eigenvalue weighted by atomic mass is 32.2. The summed E-state index contributed by atoms with van der Waals surface area (Å²) >= 11 is 2.58. The smallest absolute Gasteiger partial charge is 0.337 e. The zero-order chi connectivity index (χ0) is 23.2. The molecule has 1 saturated carbocycles. The first-order valence-electron chi connectivity index (χ1n) is 10.7. The lowest BCUT2D eigenvalue weighted by atomic mass is 9.69. The number of esters is 1. The van der Waals surface area contributed by atoms with Gasteiger partial charge in [-0.1, -0.05) is 33.1 Å². The molecule has 0 spiro atoms. The molecule has 0 bridgehead atoms. The summed E-state index contributed by atoms with van der Waals surface area (Å²) in [5, 5.41) is 2.77. The predicted octanol–water partition coefficient (Wildman–Crippen LogP) is 6.64. The van der Waals surface area contributed by atoms with Crippen molar-refractivity contribution in [3.05, 3.63) is 23.8 Å². The highest BCUT2D eigenvalue weighted by molar-refractivity contribution is 8.18. The number of benzene rings is 1. The molecule has 1 fully saturated rings. The van der Waals surface area contributed by atoms with Gasteiger partial charge in [-0.15, -0.1) is 23.5 Å². The number of halogens is 2. The topological polar surface area (TPSA) is 55.4 Å². The summed E-state index contributed by atoms with van der Waals surface area (Å²) in [6.45, 7) is 5.94. The molecule has 0 saturated heterocycles. The summed E-state index contributed by atoms with van der Waals surface area (Å²) in [6.07, 6.45) is 9.74. The molecule has 0 atom stereocenters. The van der Waals surface area contributed by atoms with Crippen molar-refractivity contribution in [1.29, 1.82) is 0 Å². The average Bonchev–Trinajstić information content (AvgIpc) is 2.75. The number of rotatable bonds is 9. The Hall–Kier alpha value is -1.28. The Morgan fingerprint density at radius 3 is 2.26 bits per heavy atom. The number of amides is 1. The molecule has 8 heteroatoms. The first-order valence-corrected chi connectivity index (χ1v) is 13.1. The molecule has 1 aliphatic rings. The van der Waals surface area contributed by atoms with Crippen molar-refractivity contribution < 1.29 is 23.1 Å². The lowest BCUT2D eigenvalue weighted by Gasteiger charge is -2.36. The van der Waals surface area contributed by atoms with Gasteiger partial charge in [0.15, 0.2) is 21.5 Å². The standard InChI is InChI=1S/C23H33F2NO3S2/c1-15(2)9-12-23(10-7-6-8-11-23)20(27)26-18-13-16(24)17(25)14-19(18)29-21(28)22(3,30-4)31-5/h13-15H,6-12H2,1-5H3,(H,26,27). The molecule has 0 aliphatic heterocycles. The number of ether oxygens (including phenoxy) is 1. The second-order valence-corrected chi connectivity index (χ2v) is 11.4. The van der Waals surface area contributed by atoms with Crippen LogP contribution in [0.25, 0.3) is 0 Å². The van der Waals surface area contributed by atoms with Crippen molar-refractivity contribution in [3.8, 4) is 5.75 Å². The summed E-state index contributed by atoms with van der Waals surface area (Å²) in [6, 6.07) is 1.72. The normalized spacial score (nSPS) is 16.3. The van der Waals surface area contributed by atoms with E-state index in [0.717, 1.165) is 57.1 Å². The first-order chi connectivity index (χ1) is 14.6. The summed E-state index contributed by atoms with van der Waals surface area (Å²) in [5.74, 6) is -2.77. The maximum atomic E-state index is 14.0. The van der Waals surface area contributed by atoms with Gasteiger partial charge in [0.2, 0.25) is 5.91 Å². The van der Waals surface area contributed by atoms with Crippen LogP contribution in [0.2, 0.25) is 0 Å². The maximum Gasteiger partial charge on any atom is 0.337 e. The fourth-order valence-corrected chi connectivity index (χ4v) is 4.88. The fourth-order valence-electron chi connectivity index (χ4n) is 3.79. The van der Waals surface area contributed by atoms with Crippen molar-refractivity contribution >= 4 is 41.1 Å². The Labute approximate surface area is 192 Å². The molecule has 2 rings (SSSR count). The van der Waals surface area contributed by atoms with Gasteiger partial charge in [0, 0.05) is 17.5 Å². The van der Waals surface area contributed by atoms with Gasteiger partial charge in [-0.2, -0.15) is 0 Å². The van der Waals surface area contributed by atoms with E-state index in [1.807, 2.05) is 0 Å². The van der Waals surface area contributed by atoms with Crippen LogP contribution >= 0.6 is 23.5 Å². The fraction of sp³-hybridized carbons (Fsp3) is 0.652. The zero-order valence-electron chi connectivity index (χ0n) is 19.0. The van der Waals surface area contributed by atoms with Gasteiger partial charge in [0.25, 0.3) is 0 Å². The van der Waals surface area contributed by atoms with Gasteiger partial charge in [0.05, 0.1) is 5.69 Å². The minimum Gasteiger partial charge on any atom is -0.423 e. The van der Waals surface area contributed by atoms with E-state index < -0.39 is 27.1 Å². The lowest BCUT2D eigenvalue weighted by molar-refractivity contribution is -0.134. The molecule has 174 valence electrons. The van der Waals surface area contributed by atoms with E-state index in [-0.39, 0.29) is 17.3 Å². The van der Waals surface area contributed by atoms with Crippen molar-refractivity contribution in [2.75, 3.05) is 17.8 Å². The van der Waals surface area contributed by atoms with Gasteiger partial charge >= 0.3 is 5.97 Å². The Kier molecular flexibility index (Phi) is 9.25. The van der Waals surface area contributed by atoms with Gasteiger partial charge < -0.3 is 10.1 Å². The van der Waals surface area contributed by atoms with Gasteiger partial charge in [0.1, 0.15) is 0 Å². The number of anilines is 1. The van der Waals surface area contributed by atoms with E-state index in [2.05, 4.69) is 19.2 Å². The van der Waals surface area contributed by atoms with Crippen LogP contribution in [-0.2, 0) is 9.59 Å². The maximum absolute atomic E-state index is 14.0. The van der Waals surface area contributed by atoms with E-state index in [0.29, 0.717) is 5.92 Å². The molecule has 1 aromatic rings. The SMILES string of the molecule is CSC(C)(SC)C(=O)Oc1cc(F)c(F)cc1NC(=O)C1(CCC(C)C)CCCCC1. The molecular formula is C23H33F2NO3S2. The van der Waals surface area contributed by atoms with Crippen molar-refractivity contribution in [3.63, 3.8) is 0 Å². The molecule has 0 radical (unpaired) electrons. The van der Waals surface area contributed by atoms with Gasteiger partial charge in [-0.25, -0.2) is 13.6 Å². The van der Waals surface area contributed by atoms with E-state index >= 15 is 0 Å². The zero-order valence-corrected chi connectivity index (χ0v) is 20.6.